The van der Waals surface area contributed by atoms with Gasteiger partial charge in [0.2, 0.25) is 5.88 Å². The standard InChI is InChI=1S/C30H32F3N7O2/c1-3-39-8-10-40(11-9-39)18-23-7-5-21(12-25(23)30(31,32)33)13-26(41)22-6-4-20(2)27(14-22)42-29-15-28(34-19-35-29)38-24-16-36-37-17-24/h4-7,12,14-17,19H,3,8-11,13,18H2,1-2H3,(H,36,37)(H,34,35,38). The number of ketones is 1. The van der Waals surface area contributed by atoms with Crippen molar-refractivity contribution in [1.82, 2.24) is 30.0 Å². The number of anilines is 2. The predicted octanol–water partition coefficient (Wildman–Crippen LogP) is 5.63. The number of carbonyl (C=O) groups excluding carboxylic acids is 1. The maximum Gasteiger partial charge on any atom is 0.416 e. The topological polar surface area (TPSA) is 99.3 Å². The third-order valence-corrected chi connectivity index (χ3v) is 7.29. The van der Waals surface area contributed by atoms with Crippen LogP contribution in [0.1, 0.15) is 39.5 Å². The zero-order valence-corrected chi connectivity index (χ0v) is 23.4. The van der Waals surface area contributed by atoms with Gasteiger partial charge in [-0.3, -0.25) is 14.8 Å². The van der Waals surface area contributed by atoms with Gasteiger partial charge in [0.1, 0.15) is 17.9 Å². The molecule has 1 saturated heterocycles. The first-order chi connectivity index (χ1) is 20.2. The van der Waals surface area contributed by atoms with Crippen LogP contribution in [-0.4, -0.2) is 68.5 Å². The van der Waals surface area contributed by atoms with Crippen LogP contribution in [0.2, 0.25) is 0 Å². The molecule has 42 heavy (non-hydrogen) atoms. The highest BCUT2D eigenvalue weighted by Gasteiger charge is 2.34. The number of aryl methyl sites for hydroxylation is 1. The molecule has 1 fully saturated rings. The number of H-pyrrole nitrogens is 1. The van der Waals surface area contributed by atoms with E-state index in [0.29, 0.717) is 28.4 Å². The number of rotatable bonds is 10. The highest BCUT2D eigenvalue weighted by Crippen LogP contribution is 2.34. The Balaban J connectivity index is 1.29. The summed E-state index contributed by atoms with van der Waals surface area (Å²) in [5.41, 5.74) is 1.63. The van der Waals surface area contributed by atoms with Gasteiger partial charge in [-0.05, 0) is 42.3 Å². The maximum absolute atomic E-state index is 14.1. The van der Waals surface area contributed by atoms with Crippen LogP contribution in [-0.2, 0) is 19.1 Å². The number of alkyl halides is 3. The van der Waals surface area contributed by atoms with Crippen molar-refractivity contribution in [3.05, 3.63) is 89.0 Å². The van der Waals surface area contributed by atoms with Gasteiger partial charge in [-0.2, -0.15) is 18.3 Å². The lowest BCUT2D eigenvalue weighted by molar-refractivity contribution is -0.138. The van der Waals surface area contributed by atoms with Gasteiger partial charge in [0.25, 0.3) is 0 Å². The number of nitrogens with one attached hydrogen (secondary N) is 2. The Morgan fingerprint density at radius 2 is 1.83 bits per heavy atom. The molecule has 5 rings (SSSR count). The van der Waals surface area contributed by atoms with Crippen molar-refractivity contribution in [2.45, 2.75) is 33.0 Å². The van der Waals surface area contributed by atoms with E-state index >= 15 is 0 Å². The summed E-state index contributed by atoms with van der Waals surface area (Å²) in [4.78, 5) is 25.8. The summed E-state index contributed by atoms with van der Waals surface area (Å²) in [7, 11) is 0. The van der Waals surface area contributed by atoms with Gasteiger partial charge in [0.05, 0.1) is 17.4 Å². The minimum atomic E-state index is -4.52. The number of benzene rings is 2. The second-order valence-corrected chi connectivity index (χ2v) is 10.2. The molecule has 2 aromatic heterocycles. The van der Waals surface area contributed by atoms with Gasteiger partial charge in [0, 0.05) is 57.0 Å². The second kappa shape index (κ2) is 12.7. The van der Waals surface area contributed by atoms with E-state index in [-0.39, 0.29) is 30.2 Å². The van der Waals surface area contributed by atoms with Crippen molar-refractivity contribution in [1.29, 1.82) is 0 Å². The van der Waals surface area contributed by atoms with E-state index in [1.807, 2.05) is 11.8 Å². The third-order valence-electron chi connectivity index (χ3n) is 7.29. The number of halogens is 3. The van der Waals surface area contributed by atoms with Crippen LogP contribution in [0.5, 0.6) is 11.6 Å². The van der Waals surface area contributed by atoms with Crippen LogP contribution in [0, 0.1) is 6.92 Å². The summed E-state index contributed by atoms with van der Waals surface area (Å²) < 4.78 is 48.1. The highest BCUT2D eigenvalue weighted by molar-refractivity contribution is 5.98. The third kappa shape index (κ3) is 7.31. The molecule has 0 amide bonds. The lowest BCUT2D eigenvalue weighted by atomic mass is 9.97. The van der Waals surface area contributed by atoms with Crippen molar-refractivity contribution >= 4 is 17.3 Å². The zero-order chi connectivity index (χ0) is 29.7. The monoisotopic (exact) mass is 579 g/mol. The van der Waals surface area contributed by atoms with Crippen LogP contribution in [0.15, 0.2) is 61.2 Å². The van der Waals surface area contributed by atoms with Crippen molar-refractivity contribution in [2.75, 3.05) is 38.0 Å². The summed E-state index contributed by atoms with van der Waals surface area (Å²) in [6, 6.07) is 10.8. The maximum atomic E-state index is 14.1. The number of likely N-dealkylation sites (N-methyl/N-ethyl adjacent to an activating group) is 1. The Morgan fingerprint density at radius 1 is 1.05 bits per heavy atom. The smallest absolute Gasteiger partial charge is 0.416 e. The molecule has 220 valence electrons. The summed E-state index contributed by atoms with van der Waals surface area (Å²) in [5, 5.41) is 9.64. The fraction of sp³-hybridized carbons (Fsp3) is 0.333. The highest BCUT2D eigenvalue weighted by atomic mass is 19.4. The van der Waals surface area contributed by atoms with Crippen LogP contribution in [0.4, 0.5) is 24.7 Å². The normalized spacial score (nSPS) is 14.6. The Kier molecular flexibility index (Phi) is 8.83. The predicted molar refractivity (Wildman–Crippen MR) is 152 cm³/mol. The van der Waals surface area contributed by atoms with E-state index in [2.05, 4.69) is 37.3 Å². The largest absolute Gasteiger partial charge is 0.439 e. The molecule has 0 saturated carbocycles. The lowest BCUT2D eigenvalue weighted by Crippen LogP contribution is -2.45. The SMILES string of the molecule is CCN1CCN(Cc2ccc(CC(=O)c3ccc(C)c(Oc4cc(Nc5cn[nH]c5)ncn4)c3)cc2C(F)(F)F)CC1. The van der Waals surface area contributed by atoms with E-state index < -0.39 is 11.7 Å². The summed E-state index contributed by atoms with van der Waals surface area (Å²) >= 11 is 0. The van der Waals surface area contributed by atoms with E-state index in [0.717, 1.165) is 44.4 Å². The molecular weight excluding hydrogens is 547 g/mol. The number of aromatic amines is 1. The fourth-order valence-corrected chi connectivity index (χ4v) is 4.85. The molecule has 0 radical (unpaired) electrons. The first-order valence-electron chi connectivity index (χ1n) is 13.7. The average molecular weight is 580 g/mol. The number of nitrogens with zero attached hydrogens (tertiary/aromatic N) is 5. The number of Topliss-reactive ketones (excluding diaryl/α,β-unsaturated/α-hetero) is 1. The van der Waals surface area contributed by atoms with Gasteiger partial charge >= 0.3 is 6.18 Å². The minimum absolute atomic E-state index is 0.173. The van der Waals surface area contributed by atoms with Gasteiger partial charge in [-0.1, -0.05) is 31.2 Å². The molecule has 1 aliphatic heterocycles. The molecule has 3 heterocycles. The molecule has 2 N–H and O–H groups in total. The van der Waals surface area contributed by atoms with Gasteiger partial charge < -0.3 is 15.0 Å². The van der Waals surface area contributed by atoms with E-state index in [1.54, 1.807) is 42.7 Å². The molecular formula is C30H32F3N7O2. The molecule has 0 bridgehead atoms. The first kappa shape index (κ1) is 29.2. The van der Waals surface area contributed by atoms with Crippen molar-refractivity contribution in [2.24, 2.45) is 0 Å². The molecule has 1 aliphatic rings. The Bertz CT molecular complexity index is 1520. The molecule has 12 heteroatoms. The molecule has 0 unspecified atom stereocenters. The Labute approximate surface area is 241 Å². The van der Waals surface area contributed by atoms with Gasteiger partial charge in [-0.25, -0.2) is 9.97 Å². The van der Waals surface area contributed by atoms with Crippen LogP contribution >= 0.6 is 0 Å². The number of piperazine rings is 1. The Hall–Kier alpha value is -4.29. The molecule has 0 spiro atoms. The average Bonchev–Trinajstić information content (AvgIpc) is 3.48. The zero-order valence-electron chi connectivity index (χ0n) is 23.4. The van der Waals surface area contributed by atoms with Crippen LogP contribution < -0.4 is 10.1 Å². The number of ether oxygens (including phenoxy) is 1. The molecule has 2 aromatic carbocycles. The van der Waals surface area contributed by atoms with Crippen LogP contribution in [0.25, 0.3) is 0 Å². The number of hydrogen-bond donors (Lipinski definition) is 2. The summed E-state index contributed by atoms with van der Waals surface area (Å²) in [6.07, 6.45) is -0.0842. The molecule has 4 aromatic rings. The summed E-state index contributed by atoms with van der Waals surface area (Å²) in [5.74, 6) is 0.827. The van der Waals surface area contributed by atoms with Crippen molar-refractivity contribution in [3.8, 4) is 11.6 Å². The van der Waals surface area contributed by atoms with Crippen molar-refractivity contribution in [3.63, 3.8) is 0 Å². The van der Waals surface area contributed by atoms with Gasteiger partial charge in [0.15, 0.2) is 5.78 Å². The molecule has 0 aliphatic carbocycles. The Morgan fingerprint density at radius 3 is 2.55 bits per heavy atom. The van der Waals surface area contributed by atoms with Gasteiger partial charge in [-0.15, -0.1) is 0 Å². The second-order valence-electron chi connectivity index (χ2n) is 10.2. The first-order valence-corrected chi connectivity index (χ1v) is 13.7. The van der Waals surface area contributed by atoms with Crippen LogP contribution in [0.3, 0.4) is 0 Å². The summed E-state index contributed by atoms with van der Waals surface area (Å²) in [6.45, 7) is 8.19. The molecule has 0 atom stereocenters. The quantitative estimate of drug-likeness (QED) is 0.234. The number of carbonyl (C=O) groups is 1. The minimum Gasteiger partial charge on any atom is -0.439 e. The van der Waals surface area contributed by atoms with E-state index in [1.165, 1.54) is 12.4 Å². The molecule has 9 nitrogen and oxygen atoms in total. The number of hydrogen-bond acceptors (Lipinski definition) is 8. The van der Waals surface area contributed by atoms with E-state index in [9.17, 15) is 18.0 Å². The van der Waals surface area contributed by atoms with E-state index in [4.69, 9.17) is 4.74 Å². The van der Waals surface area contributed by atoms with Crippen molar-refractivity contribution < 1.29 is 22.7 Å². The lowest BCUT2D eigenvalue weighted by Gasteiger charge is -2.34. The number of aromatic nitrogens is 4. The fourth-order valence-electron chi connectivity index (χ4n) is 4.85.